The zero-order valence-corrected chi connectivity index (χ0v) is 14.1. The summed E-state index contributed by atoms with van der Waals surface area (Å²) in [7, 11) is 1.74. The van der Waals surface area contributed by atoms with Gasteiger partial charge >= 0.3 is 5.97 Å². The van der Waals surface area contributed by atoms with Crippen molar-refractivity contribution in [2.45, 2.75) is 33.1 Å². The quantitative estimate of drug-likeness (QED) is 0.349. The van der Waals surface area contributed by atoms with Crippen molar-refractivity contribution in [3.8, 4) is 0 Å². The predicted molar refractivity (Wildman–Crippen MR) is 93.0 cm³/mol. The van der Waals surface area contributed by atoms with Gasteiger partial charge in [0, 0.05) is 13.5 Å². The lowest BCUT2D eigenvalue weighted by Crippen LogP contribution is -2.29. The number of thiocarbonyl (C=S) groups is 1. The number of rotatable bonds is 7. The maximum absolute atomic E-state index is 11.3. The predicted octanol–water partition coefficient (Wildman–Crippen LogP) is 2.39. The largest absolute Gasteiger partial charge is 0.466 e. The lowest BCUT2D eigenvalue weighted by Gasteiger charge is -2.06. The van der Waals surface area contributed by atoms with Crippen molar-refractivity contribution in [3.05, 3.63) is 35.4 Å². The Bertz CT molecular complexity index is 527. The number of nitrogens with one attached hydrogen (secondary N) is 2. The number of ether oxygens (including phenoxy) is 1. The minimum atomic E-state index is -0.131. The molecule has 0 aromatic heterocycles. The standard InChI is InChI=1S/C16H23N3O2S/c1-4-21-15(20)7-5-6-13-8-10-14(11-9-13)12(2)18-19-16(22)17-3/h8-11H,4-7H2,1-3H3,(H2,17,19,22). The average Bonchev–Trinajstić information content (AvgIpc) is 2.53. The van der Waals surface area contributed by atoms with E-state index in [9.17, 15) is 4.79 Å². The molecule has 0 spiro atoms. The summed E-state index contributed by atoms with van der Waals surface area (Å²) in [6, 6.07) is 8.14. The first-order valence-corrected chi connectivity index (χ1v) is 7.74. The van der Waals surface area contributed by atoms with Crippen molar-refractivity contribution in [2.24, 2.45) is 5.10 Å². The number of hydrazone groups is 1. The van der Waals surface area contributed by atoms with Gasteiger partial charge in [-0.25, -0.2) is 0 Å². The second kappa shape index (κ2) is 9.89. The van der Waals surface area contributed by atoms with Gasteiger partial charge in [0.25, 0.3) is 0 Å². The van der Waals surface area contributed by atoms with E-state index in [0.717, 1.165) is 24.1 Å². The highest BCUT2D eigenvalue weighted by molar-refractivity contribution is 7.80. The minimum absolute atomic E-state index is 0.131. The lowest BCUT2D eigenvalue weighted by molar-refractivity contribution is -0.143. The molecular formula is C16H23N3O2S. The molecule has 1 aromatic rings. The van der Waals surface area contributed by atoms with Gasteiger partial charge in [-0.2, -0.15) is 5.10 Å². The van der Waals surface area contributed by atoms with Crippen LogP contribution in [0.25, 0.3) is 0 Å². The summed E-state index contributed by atoms with van der Waals surface area (Å²) in [4.78, 5) is 11.3. The number of benzene rings is 1. The maximum Gasteiger partial charge on any atom is 0.305 e. The van der Waals surface area contributed by atoms with Crippen LogP contribution in [0.2, 0.25) is 0 Å². The monoisotopic (exact) mass is 321 g/mol. The Kier molecular flexibility index (Phi) is 8.14. The van der Waals surface area contributed by atoms with Gasteiger partial charge in [0.05, 0.1) is 12.3 Å². The highest BCUT2D eigenvalue weighted by atomic mass is 32.1. The molecule has 0 fully saturated rings. The van der Waals surface area contributed by atoms with Crippen LogP contribution in [0.3, 0.4) is 0 Å². The third-order valence-corrected chi connectivity index (χ3v) is 3.37. The second-order valence-corrected chi connectivity index (χ2v) is 5.15. The minimum Gasteiger partial charge on any atom is -0.466 e. The molecule has 0 saturated heterocycles. The molecule has 6 heteroatoms. The lowest BCUT2D eigenvalue weighted by atomic mass is 10.0. The topological polar surface area (TPSA) is 62.7 Å². The Morgan fingerprint density at radius 1 is 1.32 bits per heavy atom. The number of hydrogen-bond donors (Lipinski definition) is 2. The van der Waals surface area contributed by atoms with E-state index < -0.39 is 0 Å². The van der Waals surface area contributed by atoms with E-state index in [1.54, 1.807) is 7.05 Å². The second-order valence-electron chi connectivity index (χ2n) is 4.74. The summed E-state index contributed by atoms with van der Waals surface area (Å²) in [5, 5.41) is 7.48. The van der Waals surface area contributed by atoms with E-state index in [0.29, 0.717) is 18.1 Å². The Morgan fingerprint density at radius 2 is 2.00 bits per heavy atom. The van der Waals surface area contributed by atoms with Crippen LogP contribution in [-0.4, -0.2) is 30.4 Å². The fourth-order valence-electron chi connectivity index (χ4n) is 1.84. The van der Waals surface area contributed by atoms with Crippen LogP contribution in [-0.2, 0) is 16.0 Å². The molecule has 0 bridgehead atoms. The number of aryl methyl sites for hydroxylation is 1. The molecule has 1 rings (SSSR count). The van der Waals surface area contributed by atoms with Crippen LogP contribution in [0.5, 0.6) is 0 Å². The van der Waals surface area contributed by atoms with E-state index >= 15 is 0 Å². The van der Waals surface area contributed by atoms with Crippen molar-refractivity contribution in [1.82, 2.24) is 10.7 Å². The van der Waals surface area contributed by atoms with Crippen LogP contribution >= 0.6 is 12.2 Å². The molecule has 0 aliphatic rings. The molecule has 0 unspecified atom stereocenters. The Balaban J connectivity index is 2.48. The van der Waals surface area contributed by atoms with Crippen LogP contribution in [0, 0.1) is 0 Å². The van der Waals surface area contributed by atoms with E-state index in [4.69, 9.17) is 17.0 Å². The molecule has 0 heterocycles. The molecule has 2 N–H and O–H groups in total. The van der Waals surface area contributed by atoms with Crippen LogP contribution in [0.1, 0.15) is 37.8 Å². The highest BCUT2D eigenvalue weighted by Gasteiger charge is 2.03. The molecule has 22 heavy (non-hydrogen) atoms. The first-order chi connectivity index (χ1) is 10.6. The molecule has 0 atom stereocenters. The SMILES string of the molecule is CCOC(=O)CCCc1ccc(C(C)=NNC(=S)NC)cc1. The van der Waals surface area contributed by atoms with Crippen molar-refractivity contribution in [3.63, 3.8) is 0 Å². The smallest absolute Gasteiger partial charge is 0.305 e. The van der Waals surface area contributed by atoms with Crippen LogP contribution < -0.4 is 10.7 Å². The fraction of sp³-hybridized carbons (Fsp3) is 0.438. The molecule has 0 aliphatic carbocycles. The normalized spacial score (nSPS) is 11.0. The Labute approximate surface area is 137 Å². The molecule has 5 nitrogen and oxygen atoms in total. The number of hydrogen-bond acceptors (Lipinski definition) is 4. The summed E-state index contributed by atoms with van der Waals surface area (Å²) in [5.74, 6) is -0.131. The number of carbonyl (C=O) groups is 1. The first kappa shape index (κ1) is 18.1. The summed E-state index contributed by atoms with van der Waals surface area (Å²) in [6.45, 7) is 4.18. The molecule has 0 radical (unpaired) electrons. The van der Waals surface area contributed by atoms with E-state index in [-0.39, 0.29) is 5.97 Å². The van der Waals surface area contributed by atoms with E-state index in [1.165, 1.54) is 5.56 Å². The van der Waals surface area contributed by atoms with Gasteiger partial charge in [0.1, 0.15) is 0 Å². The third-order valence-electron chi connectivity index (χ3n) is 3.08. The number of carbonyl (C=O) groups excluding carboxylic acids is 1. The van der Waals surface area contributed by atoms with Crippen molar-refractivity contribution >= 4 is 29.0 Å². The zero-order valence-electron chi connectivity index (χ0n) is 13.3. The van der Waals surface area contributed by atoms with Crippen LogP contribution in [0.15, 0.2) is 29.4 Å². The molecule has 0 amide bonds. The average molecular weight is 321 g/mol. The van der Waals surface area contributed by atoms with E-state index in [2.05, 4.69) is 28.0 Å². The molecule has 1 aromatic carbocycles. The van der Waals surface area contributed by atoms with Gasteiger partial charge in [-0.3, -0.25) is 10.2 Å². The summed E-state index contributed by atoms with van der Waals surface area (Å²) >= 11 is 4.96. The molecule has 0 saturated carbocycles. The number of nitrogens with zero attached hydrogens (tertiary/aromatic N) is 1. The summed E-state index contributed by atoms with van der Waals surface area (Å²) in [6.07, 6.45) is 2.11. The van der Waals surface area contributed by atoms with Gasteiger partial charge in [0.2, 0.25) is 0 Å². The van der Waals surface area contributed by atoms with Crippen LogP contribution in [0.4, 0.5) is 0 Å². The summed E-state index contributed by atoms with van der Waals surface area (Å²) < 4.78 is 4.91. The van der Waals surface area contributed by atoms with Crippen molar-refractivity contribution in [1.29, 1.82) is 0 Å². The van der Waals surface area contributed by atoms with Gasteiger partial charge in [-0.05, 0) is 50.0 Å². The Hall–Kier alpha value is -1.95. The fourth-order valence-corrected chi connectivity index (χ4v) is 1.88. The molecular weight excluding hydrogens is 298 g/mol. The van der Waals surface area contributed by atoms with Crippen molar-refractivity contribution < 1.29 is 9.53 Å². The molecule has 120 valence electrons. The zero-order chi connectivity index (χ0) is 16.4. The van der Waals surface area contributed by atoms with Crippen molar-refractivity contribution in [2.75, 3.05) is 13.7 Å². The first-order valence-electron chi connectivity index (χ1n) is 7.33. The van der Waals surface area contributed by atoms with Gasteiger partial charge in [-0.15, -0.1) is 0 Å². The maximum atomic E-state index is 11.3. The Morgan fingerprint density at radius 3 is 2.59 bits per heavy atom. The third kappa shape index (κ3) is 6.67. The van der Waals surface area contributed by atoms with Gasteiger partial charge < -0.3 is 10.1 Å². The number of esters is 1. The highest BCUT2D eigenvalue weighted by Crippen LogP contribution is 2.09. The van der Waals surface area contributed by atoms with E-state index in [1.807, 2.05) is 26.0 Å². The van der Waals surface area contributed by atoms with Gasteiger partial charge in [0.15, 0.2) is 5.11 Å². The molecule has 0 aliphatic heterocycles. The van der Waals surface area contributed by atoms with Gasteiger partial charge in [-0.1, -0.05) is 24.3 Å². The summed E-state index contributed by atoms with van der Waals surface area (Å²) in [5.41, 5.74) is 5.84.